The third-order valence-electron chi connectivity index (χ3n) is 3.51. The summed E-state index contributed by atoms with van der Waals surface area (Å²) in [4.78, 5) is 15.9. The second-order valence-electron chi connectivity index (χ2n) is 5.09. The predicted octanol–water partition coefficient (Wildman–Crippen LogP) is 2.14. The highest BCUT2D eigenvalue weighted by molar-refractivity contribution is 9.10. The van der Waals surface area contributed by atoms with Gasteiger partial charge in [0.2, 0.25) is 5.91 Å². The van der Waals surface area contributed by atoms with E-state index in [0.717, 1.165) is 35.2 Å². The van der Waals surface area contributed by atoms with Crippen molar-refractivity contribution < 1.29 is 4.79 Å². The second-order valence-corrected chi connectivity index (χ2v) is 5.94. The highest BCUT2D eigenvalue weighted by Crippen LogP contribution is 2.29. The van der Waals surface area contributed by atoms with E-state index in [1.165, 1.54) is 0 Å². The zero-order valence-corrected chi connectivity index (χ0v) is 13.0. The minimum atomic E-state index is 0.0160. The monoisotopic (exact) mass is 325 g/mol. The Balaban J connectivity index is 2.24. The molecule has 1 heterocycles. The summed E-state index contributed by atoms with van der Waals surface area (Å²) in [6.45, 7) is 4.12. The van der Waals surface area contributed by atoms with Crippen molar-refractivity contribution in [3.8, 4) is 0 Å². The van der Waals surface area contributed by atoms with Crippen LogP contribution in [-0.2, 0) is 4.79 Å². The fourth-order valence-corrected chi connectivity index (χ4v) is 2.90. The van der Waals surface area contributed by atoms with Gasteiger partial charge in [0.25, 0.3) is 0 Å². The molecule has 0 saturated carbocycles. The van der Waals surface area contributed by atoms with Crippen LogP contribution in [0.5, 0.6) is 0 Å². The number of carbonyl (C=O) groups is 1. The number of rotatable bonds is 2. The van der Waals surface area contributed by atoms with E-state index in [9.17, 15) is 4.79 Å². The zero-order valence-electron chi connectivity index (χ0n) is 11.4. The molecular weight excluding hydrogens is 306 g/mol. The lowest BCUT2D eigenvalue weighted by Crippen LogP contribution is -2.34. The molecule has 2 N–H and O–H groups in total. The first-order valence-electron chi connectivity index (χ1n) is 6.53. The quantitative estimate of drug-likeness (QED) is 0.906. The van der Waals surface area contributed by atoms with Crippen LogP contribution in [0.1, 0.15) is 24.9 Å². The Kier molecular flexibility index (Phi) is 4.47. The molecule has 1 amide bonds. The molecule has 1 saturated heterocycles. The Morgan fingerprint density at radius 3 is 2.74 bits per heavy atom. The molecule has 0 unspecified atom stereocenters. The van der Waals surface area contributed by atoms with E-state index in [-0.39, 0.29) is 11.9 Å². The summed E-state index contributed by atoms with van der Waals surface area (Å²) >= 11 is 3.59. The Labute approximate surface area is 122 Å². The highest BCUT2D eigenvalue weighted by Gasteiger charge is 2.20. The lowest BCUT2D eigenvalue weighted by atomic mass is 10.1. The van der Waals surface area contributed by atoms with Gasteiger partial charge in [-0.25, -0.2) is 0 Å². The van der Waals surface area contributed by atoms with Crippen molar-refractivity contribution >= 4 is 27.5 Å². The van der Waals surface area contributed by atoms with E-state index in [1.54, 1.807) is 4.90 Å². The number of anilines is 1. The Hall–Kier alpha value is -1.07. The van der Waals surface area contributed by atoms with Crippen molar-refractivity contribution in [2.45, 2.75) is 19.4 Å². The lowest BCUT2D eigenvalue weighted by Gasteiger charge is -2.24. The summed E-state index contributed by atoms with van der Waals surface area (Å²) in [5.74, 6) is 0.167. The van der Waals surface area contributed by atoms with Gasteiger partial charge >= 0.3 is 0 Å². The van der Waals surface area contributed by atoms with Gasteiger partial charge < -0.3 is 15.5 Å². The van der Waals surface area contributed by atoms with Crippen molar-refractivity contribution in [3.05, 3.63) is 28.2 Å². The van der Waals surface area contributed by atoms with Crippen LogP contribution in [0.3, 0.4) is 0 Å². The van der Waals surface area contributed by atoms with E-state index < -0.39 is 0 Å². The third kappa shape index (κ3) is 3.28. The van der Waals surface area contributed by atoms with Crippen molar-refractivity contribution in [1.82, 2.24) is 4.90 Å². The van der Waals surface area contributed by atoms with Gasteiger partial charge in [-0.3, -0.25) is 4.79 Å². The molecule has 1 aromatic carbocycles. The Morgan fingerprint density at radius 2 is 2.11 bits per heavy atom. The van der Waals surface area contributed by atoms with Crippen molar-refractivity contribution in [1.29, 1.82) is 0 Å². The summed E-state index contributed by atoms with van der Waals surface area (Å²) in [5.41, 5.74) is 8.04. The molecule has 0 bridgehead atoms. The van der Waals surface area contributed by atoms with Crippen LogP contribution in [0.15, 0.2) is 22.7 Å². The van der Waals surface area contributed by atoms with Gasteiger partial charge in [-0.1, -0.05) is 6.07 Å². The Morgan fingerprint density at radius 1 is 1.37 bits per heavy atom. The van der Waals surface area contributed by atoms with Gasteiger partial charge in [-0.15, -0.1) is 0 Å². The molecule has 4 nitrogen and oxygen atoms in total. The number of carbonyl (C=O) groups excluding carboxylic acids is 1. The molecule has 0 aromatic heterocycles. The smallest absolute Gasteiger partial charge is 0.241 e. The molecule has 1 fully saturated rings. The highest BCUT2D eigenvalue weighted by atomic mass is 79.9. The number of nitrogens with two attached hydrogens (primary N) is 1. The van der Waals surface area contributed by atoms with Gasteiger partial charge in [0, 0.05) is 30.7 Å². The average Bonchev–Trinajstić information content (AvgIpc) is 2.52. The van der Waals surface area contributed by atoms with E-state index >= 15 is 0 Å². The van der Waals surface area contributed by atoms with E-state index in [0.29, 0.717) is 6.54 Å². The number of hydrogen-bond acceptors (Lipinski definition) is 3. The summed E-state index contributed by atoms with van der Waals surface area (Å²) in [6, 6.07) is 6.13. The number of amides is 1. The van der Waals surface area contributed by atoms with Gasteiger partial charge in [-0.05, 0) is 47.0 Å². The minimum absolute atomic E-state index is 0.0160. The first-order valence-corrected chi connectivity index (χ1v) is 7.32. The molecule has 5 heteroatoms. The molecule has 19 heavy (non-hydrogen) atoms. The number of benzene rings is 1. The molecule has 1 aliphatic heterocycles. The zero-order chi connectivity index (χ0) is 14.0. The summed E-state index contributed by atoms with van der Waals surface area (Å²) < 4.78 is 1.000. The number of halogens is 1. The lowest BCUT2D eigenvalue weighted by molar-refractivity contribution is -0.127. The van der Waals surface area contributed by atoms with E-state index in [1.807, 2.05) is 32.2 Å². The van der Waals surface area contributed by atoms with Gasteiger partial charge in [0.05, 0.1) is 12.2 Å². The van der Waals surface area contributed by atoms with Gasteiger partial charge in [0.15, 0.2) is 0 Å². The fraction of sp³-hybridized carbons (Fsp3) is 0.500. The maximum Gasteiger partial charge on any atom is 0.241 e. The van der Waals surface area contributed by atoms with E-state index in [4.69, 9.17) is 5.73 Å². The average molecular weight is 326 g/mol. The summed E-state index contributed by atoms with van der Waals surface area (Å²) in [7, 11) is 1.86. The number of likely N-dealkylation sites (N-methyl/N-ethyl adjacent to an activating group) is 1. The molecule has 0 radical (unpaired) electrons. The maximum atomic E-state index is 11.9. The van der Waals surface area contributed by atoms with Gasteiger partial charge in [-0.2, -0.15) is 0 Å². The SMILES string of the molecule is C[C@@H](N)c1ccc(N2CCCN(C)C(=O)C2)c(Br)c1. The maximum absolute atomic E-state index is 11.9. The first kappa shape index (κ1) is 14.3. The van der Waals surface area contributed by atoms with Gasteiger partial charge in [0.1, 0.15) is 0 Å². The van der Waals surface area contributed by atoms with E-state index in [2.05, 4.69) is 20.8 Å². The number of hydrogen-bond donors (Lipinski definition) is 1. The first-order chi connectivity index (χ1) is 8.99. The minimum Gasteiger partial charge on any atom is -0.361 e. The van der Waals surface area contributed by atoms with Crippen LogP contribution in [0.4, 0.5) is 5.69 Å². The van der Waals surface area contributed by atoms with Crippen molar-refractivity contribution in [3.63, 3.8) is 0 Å². The molecule has 0 aliphatic carbocycles. The molecule has 0 spiro atoms. The Bertz CT molecular complexity index is 476. The predicted molar refractivity (Wildman–Crippen MR) is 81.2 cm³/mol. The number of nitrogens with zero attached hydrogens (tertiary/aromatic N) is 2. The molecule has 1 aliphatic rings. The van der Waals surface area contributed by atoms with Crippen LogP contribution in [0.25, 0.3) is 0 Å². The topological polar surface area (TPSA) is 49.6 Å². The molecule has 104 valence electrons. The summed E-state index contributed by atoms with van der Waals surface area (Å²) in [6.07, 6.45) is 0.990. The summed E-state index contributed by atoms with van der Waals surface area (Å²) in [5, 5.41) is 0. The third-order valence-corrected chi connectivity index (χ3v) is 4.15. The largest absolute Gasteiger partial charge is 0.361 e. The molecular formula is C14H20BrN3O. The second kappa shape index (κ2) is 5.92. The van der Waals surface area contributed by atoms with Crippen molar-refractivity contribution in [2.24, 2.45) is 5.73 Å². The normalized spacial score (nSPS) is 18.4. The van der Waals surface area contributed by atoms with Crippen LogP contribution in [0, 0.1) is 0 Å². The van der Waals surface area contributed by atoms with Crippen LogP contribution in [-0.4, -0.2) is 37.5 Å². The van der Waals surface area contributed by atoms with Crippen LogP contribution >= 0.6 is 15.9 Å². The molecule has 1 aromatic rings. The van der Waals surface area contributed by atoms with Crippen LogP contribution < -0.4 is 10.6 Å². The molecule has 1 atom stereocenters. The molecule has 2 rings (SSSR count). The van der Waals surface area contributed by atoms with Crippen LogP contribution in [0.2, 0.25) is 0 Å². The standard InChI is InChI=1S/C14H20BrN3O/c1-10(16)11-4-5-13(12(15)8-11)18-7-3-6-17(2)14(19)9-18/h4-5,8,10H,3,6-7,9,16H2,1-2H3/t10-/m1/s1. The fourth-order valence-electron chi connectivity index (χ4n) is 2.25. The van der Waals surface area contributed by atoms with Crippen molar-refractivity contribution in [2.75, 3.05) is 31.6 Å².